The van der Waals surface area contributed by atoms with Gasteiger partial charge in [-0.15, -0.1) is 0 Å². The Morgan fingerprint density at radius 2 is 0.651 bits per heavy atom. The summed E-state index contributed by atoms with van der Waals surface area (Å²) >= 11 is 0. The van der Waals surface area contributed by atoms with Gasteiger partial charge in [0.05, 0.1) is 0 Å². The molecule has 0 saturated carbocycles. The Morgan fingerprint density at radius 1 is 0.286 bits per heavy atom. The van der Waals surface area contributed by atoms with Crippen LogP contribution in [-0.4, -0.2) is 0 Å². The summed E-state index contributed by atoms with van der Waals surface area (Å²) in [6.45, 7) is 4.78. The van der Waals surface area contributed by atoms with Crippen LogP contribution in [0.4, 0.5) is 0 Å². The maximum atomic E-state index is 6.57. The lowest BCUT2D eigenvalue weighted by atomic mass is 9.79. The zero-order valence-electron chi connectivity index (χ0n) is 34.8. The quantitative estimate of drug-likeness (QED) is 0.131. The third-order valence-electron chi connectivity index (χ3n) is 14.2. The van der Waals surface area contributed by atoms with Crippen LogP contribution in [0, 0.1) is 0 Å². The van der Waals surface area contributed by atoms with Crippen LogP contribution in [0.15, 0.2) is 203 Å². The molecule has 11 aromatic carbocycles. The van der Waals surface area contributed by atoms with Gasteiger partial charge in [-0.25, -0.2) is 0 Å². The van der Waals surface area contributed by atoms with Crippen LogP contribution in [0.3, 0.4) is 0 Å². The highest BCUT2D eigenvalue weighted by molar-refractivity contribution is 6.23. The monoisotopic (exact) mass is 802 g/mol. The number of hydrogen-bond donors (Lipinski definition) is 0. The fourth-order valence-corrected chi connectivity index (χ4v) is 11.4. The summed E-state index contributed by atoms with van der Waals surface area (Å²) in [4.78, 5) is 0. The van der Waals surface area contributed by atoms with Crippen LogP contribution in [0.5, 0.6) is 0 Å². The van der Waals surface area contributed by atoms with Crippen LogP contribution in [0.1, 0.15) is 25.0 Å². The number of rotatable bonds is 3. The van der Waals surface area contributed by atoms with Gasteiger partial charge in [0.25, 0.3) is 0 Å². The van der Waals surface area contributed by atoms with Crippen LogP contribution in [0.25, 0.3) is 131 Å². The third-order valence-corrected chi connectivity index (χ3v) is 14.2. The lowest BCUT2D eigenvalue weighted by Gasteiger charge is -2.24. The van der Waals surface area contributed by atoms with E-state index in [4.69, 9.17) is 8.83 Å². The first-order chi connectivity index (χ1) is 31.0. The van der Waals surface area contributed by atoms with Gasteiger partial charge in [0.15, 0.2) is 0 Å². The Balaban J connectivity index is 0.945. The summed E-state index contributed by atoms with van der Waals surface area (Å²) in [6, 6.07) is 71.2. The largest absolute Gasteiger partial charge is 0.456 e. The molecule has 0 fully saturated rings. The molecular formula is C61H38O2. The van der Waals surface area contributed by atoms with E-state index in [9.17, 15) is 0 Å². The standard InChI is InChI=1S/C61H38O2/c1-61(2)52-27-23-35(32-51(52)59-42-16-5-3-13-39(42)40-14-4-10-21-47(40)60(59)61)36-24-28-55-49(31-36)50-34-38(26-30-56(50)63-55)58-45-19-8-6-17-43(45)57(44-18-7-9-20-46(44)58)37-25-29-54-48(33-37)41-15-11-12-22-53(41)62-54/h3-34H,1-2H3. The van der Waals surface area contributed by atoms with E-state index < -0.39 is 0 Å². The zero-order valence-corrected chi connectivity index (χ0v) is 34.8. The molecule has 2 aromatic heterocycles. The van der Waals surface area contributed by atoms with E-state index in [1.807, 2.05) is 12.1 Å². The Hall–Kier alpha value is -7.94. The minimum absolute atomic E-state index is 0.136. The summed E-state index contributed by atoms with van der Waals surface area (Å²) in [5.41, 5.74) is 16.1. The second kappa shape index (κ2) is 12.6. The predicted molar refractivity (Wildman–Crippen MR) is 265 cm³/mol. The van der Waals surface area contributed by atoms with Crippen molar-refractivity contribution in [2.24, 2.45) is 0 Å². The van der Waals surface area contributed by atoms with Crippen molar-refractivity contribution < 1.29 is 8.83 Å². The molecule has 294 valence electrons. The van der Waals surface area contributed by atoms with E-state index >= 15 is 0 Å². The molecule has 0 saturated heterocycles. The van der Waals surface area contributed by atoms with E-state index in [1.165, 1.54) is 98.7 Å². The second-order valence-electron chi connectivity index (χ2n) is 17.9. The van der Waals surface area contributed by atoms with Gasteiger partial charge in [0, 0.05) is 27.0 Å². The van der Waals surface area contributed by atoms with Gasteiger partial charge in [0.2, 0.25) is 0 Å². The Bertz CT molecular complexity index is 4060. The molecule has 0 atom stereocenters. The van der Waals surface area contributed by atoms with Gasteiger partial charge >= 0.3 is 0 Å². The van der Waals surface area contributed by atoms with Crippen LogP contribution < -0.4 is 0 Å². The topological polar surface area (TPSA) is 26.3 Å². The van der Waals surface area contributed by atoms with E-state index in [0.717, 1.165) is 43.9 Å². The number of fused-ring (bicyclic) bond motifs is 16. The van der Waals surface area contributed by atoms with E-state index in [1.54, 1.807) is 0 Å². The smallest absolute Gasteiger partial charge is 0.135 e. The number of benzene rings is 11. The molecule has 0 N–H and O–H groups in total. The maximum absolute atomic E-state index is 6.57. The van der Waals surface area contributed by atoms with Gasteiger partial charge in [-0.3, -0.25) is 0 Å². The van der Waals surface area contributed by atoms with Crippen molar-refractivity contribution in [1.29, 1.82) is 0 Å². The SMILES string of the molecule is CC1(C)c2ccc(-c3ccc4oc5ccc(-c6c7ccccc7c(-c7ccc8oc9ccccc9c8c7)c7ccccc67)cc5c4c3)cc2-c2c1c1ccccc1c1ccccc21. The molecule has 0 aliphatic heterocycles. The van der Waals surface area contributed by atoms with E-state index in [2.05, 4.69) is 196 Å². The fraction of sp³-hybridized carbons (Fsp3) is 0.0492. The van der Waals surface area contributed by atoms with Crippen LogP contribution in [-0.2, 0) is 5.41 Å². The van der Waals surface area contributed by atoms with E-state index in [0.29, 0.717) is 0 Å². The average molecular weight is 803 g/mol. The minimum Gasteiger partial charge on any atom is -0.456 e. The Morgan fingerprint density at radius 3 is 1.21 bits per heavy atom. The van der Waals surface area contributed by atoms with Crippen molar-refractivity contribution in [3.05, 3.63) is 205 Å². The van der Waals surface area contributed by atoms with Crippen molar-refractivity contribution in [1.82, 2.24) is 0 Å². The van der Waals surface area contributed by atoms with E-state index in [-0.39, 0.29) is 5.41 Å². The van der Waals surface area contributed by atoms with Crippen molar-refractivity contribution in [2.75, 3.05) is 0 Å². The molecule has 0 radical (unpaired) electrons. The molecule has 1 aliphatic carbocycles. The Kier molecular flexibility index (Phi) is 6.93. The number of para-hydroxylation sites is 1. The average Bonchev–Trinajstić information content (AvgIpc) is 3.97. The normalized spacial score (nSPS) is 13.4. The van der Waals surface area contributed by atoms with Gasteiger partial charge in [0.1, 0.15) is 22.3 Å². The molecule has 13 aromatic rings. The van der Waals surface area contributed by atoms with Crippen molar-refractivity contribution >= 4 is 87.0 Å². The lowest BCUT2D eigenvalue weighted by molar-refractivity contribution is 0.666. The molecule has 0 amide bonds. The number of hydrogen-bond acceptors (Lipinski definition) is 2. The molecule has 1 aliphatic rings. The number of furan rings is 2. The molecule has 0 spiro atoms. The predicted octanol–water partition coefficient (Wildman–Crippen LogP) is 17.4. The lowest BCUT2D eigenvalue weighted by Crippen LogP contribution is -2.15. The molecular weight excluding hydrogens is 765 g/mol. The highest BCUT2D eigenvalue weighted by Crippen LogP contribution is 2.55. The molecule has 2 heteroatoms. The van der Waals surface area contributed by atoms with Gasteiger partial charge in [-0.05, 0) is 147 Å². The summed E-state index contributed by atoms with van der Waals surface area (Å²) in [6.07, 6.45) is 0. The summed E-state index contributed by atoms with van der Waals surface area (Å²) < 4.78 is 12.8. The molecule has 0 bridgehead atoms. The zero-order chi connectivity index (χ0) is 41.6. The first kappa shape index (κ1) is 34.7. The minimum atomic E-state index is -0.136. The highest BCUT2D eigenvalue weighted by Gasteiger charge is 2.38. The first-order valence-corrected chi connectivity index (χ1v) is 21.9. The van der Waals surface area contributed by atoms with Crippen molar-refractivity contribution in [2.45, 2.75) is 19.3 Å². The molecule has 0 unspecified atom stereocenters. The molecule has 2 nitrogen and oxygen atoms in total. The fourth-order valence-electron chi connectivity index (χ4n) is 11.4. The molecule has 14 rings (SSSR count). The third kappa shape index (κ3) is 4.78. The Labute approximate surface area is 363 Å². The first-order valence-electron chi connectivity index (χ1n) is 21.9. The van der Waals surface area contributed by atoms with Crippen LogP contribution >= 0.6 is 0 Å². The second-order valence-corrected chi connectivity index (χ2v) is 17.9. The van der Waals surface area contributed by atoms with Gasteiger partial charge < -0.3 is 8.83 Å². The molecule has 63 heavy (non-hydrogen) atoms. The van der Waals surface area contributed by atoms with Gasteiger partial charge in [-0.2, -0.15) is 0 Å². The van der Waals surface area contributed by atoms with Crippen LogP contribution in [0.2, 0.25) is 0 Å². The summed E-state index contributed by atoms with van der Waals surface area (Å²) in [7, 11) is 0. The van der Waals surface area contributed by atoms with Crippen molar-refractivity contribution in [3.63, 3.8) is 0 Å². The highest BCUT2D eigenvalue weighted by atomic mass is 16.3. The van der Waals surface area contributed by atoms with Gasteiger partial charge in [-0.1, -0.05) is 159 Å². The molecule has 2 heterocycles. The summed E-state index contributed by atoms with van der Waals surface area (Å²) in [5, 5.41) is 14.7. The summed E-state index contributed by atoms with van der Waals surface area (Å²) in [5.74, 6) is 0. The van der Waals surface area contributed by atoms with Crippen molar-refractivity contribution in [3.8, 4) is 44.5 Å². The maximum Gasteiger partial charge on any atom is 0.135 e.